The van der Waals surface area contributed by atoms with Crippen molar-refractivity contribution in [3.63, 3.8) is 0 Å². The predicted octanol–water partition coefficient (Wildman–Crippen LogP) is 2.72. The SMILES string of the molecule is CCOc1ccc(O[C@H](C)C(=O)NNC(=O)c2ccc(OCC)c(OC)c2)cc1. The van der Waals surface area contributed by atoms with Gasteiger partial charge in [0.05, 0.1) is 20.3 Å². The molecule has 0 aliphatic heterocycles. The van der Waals surface area contributed by atoms with Crippen molar-refractivity contribution < 1.29 is 28.5 Å². The summed E-state index contributed by atoms with van der Waals surface area (Å²) in [6.07, 6.45) is -0.817. The molecule has 0 aromatic heterocycles. The summed E-state index contributed by atoms with van der Waals surface area (Å²) in [6.45, 7) is 6.38. The van der Waals surface area contributed by atoms with Gasteiger partial charge in [0.25, 0.3) is 11.8 Å². The molecule has 0 aliphatic carbocycles. The molecule has 0 spiro atoms. The van der Waals surface area contributed by atoms with Crippen molar-refractivity contribution in [3.8, 4) is 23.0 Å². The summed E-state index contributed by atoms with van der Waals surface area (Å²) in [5.74, 6) is 1.21. The second-order valence-electron chi connectivity index (χ2n) is 5.91. The molecule has 0 unspecified atom stereocenters. The molecule has 2 rings (SSSR count). The second kappa shape index (κ2) is 10.8. The van der Waals surface area contributed by atoms with Gasteiger partial charge in [0.1, 0.15) is 11.5 Å². The number of carbonyl (C=O) groups excluding carboxylic acids is 2. The van der Waals surface area contributed by atoms with Gasteiger partial charge >= 0.3 is 0 Å². The van der Waals surface area contributed by atoms with Crippen LogP contribution < -0.4 is 29.8 Å². The van der Waals surface area contributed by atoms with Gasteiger partial charge in [-0.1, -0.05) is 0 Å². The molecule has 8 nitrogen and oxygen atoms in total. The molecule has 0 aliphatic rings. The monoisotopic (exact) mass is 402 g/mol. The van der Waals surface area contributed by atoms with Gasteiger partial charge in [0, 0.05) is 5.56 Å². The Morgan fingerprint density at radius 2 is 1.55 bits per heavy atom. The lowest BCUT2D eigenvalue weighted by molar-refractivity contribution is -0.128. The molecule has 0 fully saturated rings. The van der Waals surface area contributed by atoms with E-state index in [-0.39, 0.29) is 0 Å². The van der Waals surface area contributed by atoms with Crippen molar-refractivity contribution in [1.82, 2.24) is 10.9 Å². The zero-order chi connectivity index (χ0) is 21.2. The highest BCUT2D eigenvalue weighted by atomic mass is 16.5. The van der Waals surface area contributed by atoms with E-state index >= 15 is 0 Å². The van der Waals surface area contributed by atoms with Gasteiger partial charge in [-0.2, -0.15) is 0 Å². The minimum absolute atomic E-state index is 0.311. The summed E-state index contributed by atoms with van der Waals surface area (Å²) < 4.78 is 21.6. The van der Waals surface area contributed by atoms with Crippen LogP contribution in [0.1, 0.15) is 31.1 Å². The number of amides is 2. The molecule has 0 bridgehead atoms. The fourth-order valence-corrected chi connectivity index (χ4v) is 2.41. The molecule has 1 atom stereocenters. The van der Waals surface area contributed by atoms with Crippen molar-refractivity contribution in [2.75, 3.05) is 20.3 Å². The van der Waals surface area contributed by atoms with E-state index in [4.69, 9.17) is 18.9 Å². The molecule has 0 radical (unpaired) electrons. The number of carbonyl (C=O) groups is 2. The summed E-state index contributed by atoms with van der Waals surface area (Å²) in [5.41, 5.74) is 5.02. The van der Waals surface area contributed by atoms with Crippen LogP contribution in [0.15, 0.2) is 42.5 Å². The Kier molecular flexibility index (Phi) is 8.14. The topological polar surface area (TPSA) is 95.1 Å². The third-order valence-corrected chi connectivity index (χ3v) is 3.84. The highest BCUT2D eigenvalue weighted by Gasteiger charge is 2.17. The van der Waals surface area contributed by atoms with Crippen molar-refractivity contribution >= 4 is 11.8 Å². The van der Waals surface area contributed by atoms with E-state index < -0.39 is 17.9 Å². The van der Waals surface area contributed by atoms with Crippen molar-refractivity contribution in [2.24, 2.45) is 0 Å². The fraction of sp³-hybridized carbons (Fsp3) is 0.333. The minimum atomic E-state index is -0.817. The average molecular weight is 402 g/mol. The third kappa shape index (κ3) is 6.31. The predicted molar refractivity (Wildman–Crippen MR) is 107 cm³/mol. The lowest BCUT2D eigenvalue weighted by atomic mass is 10.2. The largest absolute Gasteiger partial charge is 0.494 e. The number of benzene rings is 2. The summed E-state index contributed by atoms with van der Waals surface area (Å²) in [5, 5.41) is 0. The number of methoxy groups -OCH3 is 1. The van der Waals surface area contributed by atoms with E-state index in [0.29, 0.717) is 36.0 Å². The number of hydrogen-bond donors (Lipinski definition) is 2. The van der Waals surface area contributed by atoms with Crippen molar-refractivity contribution in [1.29, 1.82) is 0 Å². The van der Waals surface area contributed by atoms with Crippen LogP contribution in [0.5, 0.6) is 23.0 Å². The summed E-state index contributed by atoms with van der Waals surface area (Å²) in [6, 6.07) is 11.7. The fourth-order valence-electron chi connectivity index (χ4n) is 2.41. The van der Waals surface area contributed by atoms with Gasteiger partial charge in [0.15, 0.2) is 17.6 Å². The lowest BCUT2D eigenvalue weighted by Crippen LogP contribution is -2.47. The smallest absolute Gasteiger partial charge is 0.279 e. The molecule has 8 heteroatoms. The van der Waals surface area contributed by atoms with Crippen LogP contribution in [0.2, 0.25) is 0 Å². The van der Waals surface area contributed by atoms with Gasteiger partial charge in [-0.25, -0.2) is 0 Å². The van der Waals surface area contributed by atoms with Crippen molar-refractivity contribution in [3.05, 3.63) is 48.0 Å². The first-order valence-electron chi connectivity index (χ1n) is 9.29. The van der Waals surface area contributed by atoms with Gasteiger partial charge in [0.2, 0.25) is 0 Å². The van der Waals surface area contributed by atoms with Crippen LogP contribution in [-0.2, 0) is 4.79 Å². The van der Waals surface area contributed by atoms with Gasteiger partial charge < -0.3 is 18.9 Å². The van der Waals surface area contributed by atoms with E-state index in [2.05, 4.69) is 10.9 Å². The normalized spacial score (nSPS) is 11.2. The summed E-state index contributed by atoms with van der Waals surface area (Å²) in [7, 11) is 1.49. The van der Waals surface area contributed by atoms with Crippen LogP contribution in [0.4, 0.5) is 0 Å². The molecule has 0 heterocycles. The van der Waals surface area contributed by atoms with Crippen molar-refractivity contribution in [2.45, 2.75) is 26.9 Å². The molecule has 2 N–H and O–H groups in total. The molecule has 29 heavy (non-hydrogen) atoms. The zero-order valence-corrected chi connectivity index (χ0v) is 17.0. The summed E-state index contributed by atoms with van der Waals surface area (Å²) >= 11 is 0. The van der Waals surface area contributed by atoms with Crippen LogP contribution in [-0.4, -0.2) is 38.2 Å². The average Bonchev–Trinajstić information content (AvgIpc) is 2.73. The minimum Gasteiger partial charge on any atom is -0.494 e. The maximum atomic E-state index is 12.3. The Balaban J connectivity index is 1.89. The van der Waals surface area contributed by atoms with Crippen LogP contribution in [0.25, 0.3) is 0 Å². The maximum Gasteiger partial charge on any atom is 0.279 e. The Bertz CT molecular complexity index is 822. The van der Waals surface area contributed by atoms with Crippen LogP contribution >= 0.6 is 0 Å². The highest BCUT2D eigenvalue weighted by molar-refractivity contribution is 5.96. The van der Waals surface area contributed by atoms with Gasteiger partial charge in [-0.3, -0.25) is 20.4 Å². The summed E-state index contributed by atoms with van der Waals surface area (Å²) in [4.78, 5) is 24.5. The van der Waals surface area contributed by atoms with E-state index in [1.807, 2.05) is 13.8 Å². The van der Waals surface area contributed by atoms with Crippen LogP contribution in [0.3, 0.4) is 0 Å². The first kappa shape index (κ1) is 21.9. The molecule has 0 saturated carbocycles. The third-order valence-electron chi connectivity index (χ3n) is 3.84. The number of hydrogen-bond acceptors (Lipinski definition) is 6. The standard InChI is InChI=1S/C21H26N2O6/c1-5-27-16-8-10-17(11-9-16)29-14(3)20(24)22-23-21(25)15-7-12-18(28-6-2)19(13-15)26-4/h7-14H,5-6H2,1-4H3,(H,22,24)(H,23,25)/t14-/m1/s1. The van der Waals surface area contributed by atoms with E-state index in [1.165, 1.54) is 13.2 Å². The molecule has 2 aromatic rings. The molecule has 2 amide bonds. The Morgan fingerprint density at radius 3 is 2.17 bits per heavy atom. The Labute approximate surface area is 170 Å². The Morgan fingerprint density at radius 1 is 0.897 bits per heavy atom. The van der Waals surface area contributed by atoms with E-state index in [1.54, 1.807) is 43.3 Å². The molecule has 2 aromatic carbocycles. The lowest BCUT2D eigenvalue weighted by Gasteiger charge is -2.16. The first-order chi connectivity index (χ1) is 14.0. The molecular weight excluding hydrogens is 376 g/mol. The molecular formula is C21H26N2O6. The van der Waals surface area contributed by atoms with Gasteiger partial charge in [-0.05, 0) is 63.2 Å². The van der Waals surface area contributed by atoms with E-state index in [9.17, 15) is 9.59 Å². The van der Waals surface area contributed by atoms with E-state index in [0.717, 1.165) is 5.75 Å². The quantitative estimate of drug-likeness (QED) is 0.627. The molecule has 156 valence electrons. The maximum absolute atomic E-state index is 12.3. The number of rotatable bonds is 9. The Hall–Kier alpha value is -3.42. The number of hydrazine groups is 1. The number of ether oxygens (including phenoxy) is 4. The zero-order valence-electron chi connectivity index (χ0n) is 17.0. The molecule has 0 saturated heterocycles. The van der Waals surface area contributed by atoms with Gasteiger partial charge in [-0.15, -0.1) is 0 Å². The number of nitrogens with one attached hydrogen (secondary N) is 2. The second-order valence-corrected chi connectivity index (χ2v) is 5.91. The first-order valence-corrected chi connectivity index (χ1v) is 9.29. The van der Waals surface area contributed by atoms with Crippen LogP contribution in [0, 0.1) is 0 Å². The highest BCUT2D eigenvalue weighted by Crippen LogP contribution is 2.27.